The molecule has 58 heavy (non-hydrogen) atoms. The molecule has 0 saturated heterocycles. The number of rotatable bonds is 2. The molecule has 0 unspecified atom stereocenters. The first-order valence-corrected chi connectivity index (χ1v) is 14.4. The molecule has 0 spiro atoms. The van der Waals surface area contributed by atoms with Gasteiger partial charge in [-0.3, -0.25) is 0 Å². The van der Waals surface area contributed by atoms with Gasteiger partial charge in [0.1, 0.15) is 10.7 Å². The smallest absolute Gasteiger partial charge is 0.310 e. The third-order valence-electron chi connectivity index (χ3n) is 7.79. The number of hydrogen-bond donors (Lipinski definition) is 0. The summed E-state index contributed by atoms with van der Waals surface area (Å²) in [6, 6.07) is -3.25. The highest BCUT2D eigenvalue weighted by atomic mass is 19.4. The van der Waals surface area contributed by atoms with E-state index >= 15 is 0 Å². The predicted molar refractivity (Wildman–Crippen MR) is 144 cm³/mol. The molecule has 0 saturated carbocycles. The summed E-state index contributed by atoms with van der Waals surface area (Å²) in [4.78, 5) is 3.53. The molecule has 5 rings (SSSR count). The number of benzene rings is 2. The van der Waals surface area contributed by atoms with Crippen molar-refractivity contribution in [1.29, 1.82) is 0 Å². The molecule has 0 fully saturated rings. The fourth-order valence-electron chi connectivity index (χ4n) is 5.76. The van der Waals surface area contributed by atoms with Gasteiger partial charge in [-0.1, -0.05) is 12.1 Å². The molecular weight excluding hydrogens is 872 g/mol. The van der Waals surface area contributed by atoms with Crippen molar-refractivity contribution in [3.8, 4) is 22.5 Å². The Morgan fingerprint density at radius 3 is 0.845 bits per heavy atom. The summed E-state index contributed by atoms with van der Waals surface area (Å²) in [7, 11) is 0. The average molecular weight is 880 g/mol. The normalized spacial score (nSPS) is 15.1. The van der Waals surface area contributed by atoms with Crippen LogP contribution in [0.1, 0.15) is 33.4 Å². The second kappa shape index (κ2) is 13.1. The van der Waals surface area contributed by atoms with Gasteiger partial charge in [0.2, 0.25) is 0 Å². The highest BCUT2D eigenvalue weighted by molar-refractivity contribution is 5.91. The van der Waals surface area contributed by atoms with E-state index in [1.807, 2.05) is 0 Å². The van der Waals surface area contributed by atoms with Crippen LogP contribution in [0.5, 0.6) is 0 Å². The Morgan fingerprint density at radius 2 is 0.621 bits per heavy atom. The summed E-state index contributed by atoms with van der Waals surface area (Å²) < 4.78 is 336. The van der Waals surface area contributed by atoms with Crippen molar-refractivity contribution in [3.05, 3.63) is 92.9 Å². The van der Waals surface area contributed by atoms with Crippen LogP contribution in [-0.2, 0) is 37.1 Å². The zero-order valence-electron chi connectivity index (χ0n) is 26.5. The first-order chi connectivity index (χ1) is 25.8. The van der Waals surface area contributed by atoms with Crippen molar-refractivity contribution < 1.29 is 105 Å². The molecule has 5 aromatic rings. The van der Waals surface area contributed by atoms with E-state index in [-0.39, 0.29) is 12.1 Å². The minimum absolute atomic E-state index is 0.359. The van der Waals surface area contributed by atoms with Gasteiger partial charge in [-0.15, -0.1) is 26.3 Å². The molecule has 3 aromatic heterocycles. The van der Waals surface area contributed by atoms with E-state index < -0.39 is 173 Å². The Labute approximate surface area is 300 Å². The van der Waals surface area contributed by atoms with Gasteiger partial charge in [-0.25, -0.2) is 0 Å². The second-order valence-corrected chi connectivity index (χ2v) is 11.6. The molecule has 4 nitrogen and oxygen atoms in total. The molecule has 0 N–H and O–H groups in total. The number of fused-ring (bicyclic) bond motifs is 2. The van der Waals surface area contributed by atoms with E-state index in [1.54, 1.807) is 9.98 Å². The highest BCUT2D eigenvalue weighted by Crippen LogP contribution is 2.47. The number of halogens is 24. The molecule has 0 aliphatic rings. The zero-order valence-corrected chi connectivity index (χ0v) is 26.5. The maximum atomic E-state index is 14.5. The molecule has 28 heteroatoms. The van der Waals surface area contributed by atoms with Crippen molar-refractivity contribution >= 4 is 11.0 Å². The Balaban J connectivity index is 2.36. The van der Waals surface area contributed by atoms with Gasteiger partial charge in [-0.05, 0) is 24.3 Å². The van der Waals surface area contributed by atoms with Crippen LogP contribution in [0.4, 0.5) is 105 Å². The Hall–Kier alpha value is -5.34. The number of hydrogen-bond acceptors (Lipinski definition) is 2. The van der Waals surface area contributed by atoms with Crippen molar-refractivity contribution in [1.82, 2.24) is 8.80 Å². The minimum atomic E-state index is -6.32. The van der Waals surface area contributed by atoms with Gasteiger partial charge in [0, 0.05) is 23.5 Å². The van der Waals surface area contributed by atoms with Gasteiger partial charge >= 0.3 is 49.7 Å². The molecule has 0 atom stereocenters. The summed E-state index contributed by atoms with van der Waals surface area (Å²) >= 11 is 0. The molecule has 316 valence electrons. The fraction of sp³-hybridized carbons (Fsp3) is 0.267. The average Bonchev–Trinajstić information content (AvgIpc) is 3.55. The van der Waals surface area contributed by atoms with Crippen molar-refractivity contribution in [2.24, 2.45) is 9.98 Å². The quantitative estimate of drug-likeness (QED) is 0.125. The van der Waals surface area contributed by atoms with Gasteiger partial charge < -0.3 is 8.80 Å². The molecule has 3 heterocycles. The third-order valence-corrected chi connectivity index (χ3v) is 7.79. The SMILES string of the molecule is FC(F)(F)N=c1c(C(F)(F)F)cn2c(-c3ccc(C(F)(F)F)cc3C(F)(F)F)c3c(=NC(F)(F)F)c(C(F)(F)F)cn3c(-c3ccc(C(F)(F)F)cc3C(F)(F)F)c12. The zero-order chi connectivity index (χ0) is 44.3. The fourth-order valence-corrected chi connectivity index (χ4v) is 5.76. The maximum Gasteiger partial charge on any atom is 0.503 e. The molecule has 0 amide bonds. The molecule has 0 bridgehead atoms. The summed E-state index contributed by atoms with van der Waals surface area (Å²) in [6.07, 6.45) is -50.8. The van der Waals surface area contributed by atoms with Crippen LogP contribution >= 0.6 is 0 Å². The van der Waals surface area contributed by atoms with Crippen LogP contribution in [-0.4, -0.2) is 21.4 Å². The summed E-state index contributed by atoms with van der Waals surface area (Å²) in [5.74, 6) is 0. The summed E-state index contributed by atoms with van der Waals surface area (Å²) in [6.45, 7) is 0. The van der Waals surface area contributed by atoms with Crippen LogP contribution < -0.4 is 10.7 Å². The van der Waals surface area contributed by atoms with Crippen molar-refractivity contribution in [2.75, 3.05) is 0 Å². The third kappa shape index (κ3) is 8.30. The minimum Gasteiger partial charge on any atom is -0.310 e. The van der Waals surface area contributed by atoms with E-state index in [0.29, 0.717) is 0 Å². The van der Waals surface area contributed by atoms with Crippen LogP contribution in [0, 0.1) is 0 Å². The summed E-state index contributed by atoms with van der Waals surface area (Å²) in [5.41, 5.74) is -29.2. The van der Waals surface area contributed by atoms with Gasteiger partial charge in [0.15, 0.2) is 0 Å². The largest absolute Gasteiger partial charge is 0.503 e. The van der Waals surface area contributed by atoms with Crippen molar-refractivity contribution in [2.45, 2.75) is 49.7 Å². The molecule has 0 aliphatic carbocycles. The van der Waals surface area contributed by atoms with Gasteiger partial charge in [0.05, 0.1) is 55.8 Å². The van der Waals surface area contributed by atoms with Crippen LogP contribution in [0.3, 0.4) is 0 Å². The van der Waals surface area contributed by atoms with E-state index in [4.69, 9.17) is 0 Å². The lowest BCUT2D eigenvalue weighted by molar-refractivity contribution is -0.144. The Kier molecular flexibility index (Phi) is 9.88. The summed E-state index contributed by atoms with van der Waals surface area (Å²) in [5, 5.41) is -5.47. The molecular formula is C30H8F24N4. The van der Waals surface area contributed by atoms with Gasteiger partial charge in [0.25, 0.3) is 0 Å². The topological polar surface area (TPSA) is 33.5 Å². The lowest BCUT2D eigenvalue weighted by atomic mass is 9.97. The van der Waals surface area contributed by atoms with E-state index in [9.17, 15) is 105 Å². The lowest BCUT2D eigenvalue weighted by Crippen LogP contribution is -2.23. The van der Waals surface area contributed by atoms with E-state index in [1.165, 1.54) is 0 Å². The number of aromatic nitrogens is 2. The molecule has 0 aliphatic heterocycles. The van der Waals surface area contributed by atoms with Crippen LogP contribution in [0.25, 0.3) is 33.5 Å². The Bertz CT molecular complexity index is 2370. The van der Waals surface area contributed by atoms with E-state index in [0.717, 1.165) is 0 Å². The van der Waals surface area contributed by atoms with E-state index in [2.05, 4.69) is 0 Å². The van der Waals surface area contributed by atoms with Crippen LogP contribution in [0.2, 0.25) is 0 Å². The monoisotopic (exact) mass is 880 g/mol. The molecule has 2 aromatic carbocycles. The highest BCUT2D eigenvalue weighted by Gasteiger charge is 2.46. The van der Waals surface area contributed by atoms with Crippen molar-refractivity contribution in [3.63, 3.8) is 0 Å². The maximum absolute atomic E-state index is 14.5. The first kappa shape index (κ1) is 43.8. The second-order valence-electron chi connectivity index (χ2n) is 11.6. The van der Waals surface area contributed by atoms with Gasteiger partial charge in [-0.2, -0.15) is 89.0 Å². The first-order valence-electron chi connectivity index (χ1n) is 14.4. The number of alkyl halides is 24. The number of nitrogens with zero attached hydrogens (tertiary/aromatic N) is 4. The standard InChI is InChI=1S/C30H8F24N4/c31-23(32,33)9-1-3-11(13(5-9)25(37,38)39)19-21-17(55-29(49,50)51)16(28(46,47)48)8-58(21)20(12-4-2-10(24(34,35)36)6-14(12)26(40,41)42)22-18(56-30(52,53)54)15(7-57(19)22)27(43,44)45/h1-8H. The lowest BCUT2D eigenvalue weighted by Gasteiger charge is -2.22. The predicted octanol–water partition coefficient (Wildman–Crippen LogP) is 11.9. The van der Waals surface area contributed by atoms with Crippen LogP contribution in [0.15, 0.2) is 58.8 Å². The molecule has 0 radical (unpaired) electrons. The Morgan fingerprint density at radius 1 is 0.345 bits per heavy atom.